The van der Waals surface area contributed by atoms with Crippen molar-refractivity contribution < 1.29 is 18.2 Å². The first-order valence-corrected chi connectivity index (χ1v) is 29.4. The van der Waals surface area contributed by atoms with Crippen LogP contribution in [-0.2, 0) is 18.2 Å². The molecule has 0 aromatic heterocycles. The zero-order valence-corrected chi connectivity index (χ0v) is 24.8. The van der Waals surface area contributed by atoms with E-state index in [4.69, 9.17) is 0 Å². The average molecular weight is 586 g/mol. The van der Waals surface area contributed by atoms with E-state index in [9.17, 15) is 0 Å². The van der Waals surface area contributed by atoms with Crippen molar-refractivity contribution in [3.63, 3.8) is 0 Å². The van der Waals surface area contributed by atoms with Gasteiger partial charge in [0.25, 0.3) is 0 Å². The van der Waals surface area contributed by atoms with E-state index in [1.807, 2.05) is 0 Å². The molecule has 3 unspecified atom stereocenters. The third-order valence-corrected chi connectivity index (χ3v) is 63.6. The van der Waals surface area contributed by atoms with Crippen molar-refractivity contribution >= 4 is 26.0 Å². The first kappa shape index (κ1) is 22.7. The van der Waals surface area contributed by atoms with E-state index in [0.29, 0.717) is 9.85 Å². The molecule has 4 heteroatoms. The van der Waals surface area contributed by atoms with Crippen LogP contribution in [0.3, 0.4) is 0 Å². The van der Waals surface area contributed by atoms with Gasteiger partial charge in [-0.3, -0.25) is 0 Å². The van der Waals surface area contributed by atoms with Gasteiger partial charge in [0, 0.05) is 0 Å². The van der Waals surface area contributed by atoms with Crippen LogP contribution < -0.4 is 0 Å². The molecule has 0 heterocycles. The molecule has 3 atom stereocenters. The minimum absolute atomic E-state index is 0.609. The second-order valence-electron chi connectivity index (χ2n) is 9.75. The Morgan fingerprint density at radius 3 is 1.87 bits per heavy atom. The van der Waals surface area contributed by atoms with Gasteiger partial charge in [-0.05, 0) is 0 Å². The summed E-state index contributed by atoms with van der Waals surface area (Å²) < 4.78 is 7.53. The van der Waals surface area contributed by atoms with E-state index >= 15 is 0 Å². The summed E-state index contributed by atoms with van der Waals surface area (Å²) in [5.74, 6) is 0.609. The molecular formula is C26H35N2SnZr. The summed E-state index contributed by atoms with van der Waals surface area (Å²) in [7, 11) is 9.48. The number of benzene rings is 2. The average Bonchev–Trinajstić information content (AvgIpc) is 3.17. The Kier molecular flexibility index (Phi) is 6.67. The second kappa shape index (κ2) is 8.81. The van der Waals surface area contributed by atoms with Crippen LogP contribution in [0.15, 0.2) is 59.7 Å². The molecule has 0 aliphatic heterocycles. The van der Waals surface area contributed by atoms with Crippen LogP contribution in [0.1, 0.15) is 46.0 Å². The molecule has 0 spiro atoms. The van der Waals surface area contributed by atoms with Crippen molar-refractivity contribution in [2.24, 2.45) is 0 Å². The van der Waals surface area contributed by atoms with Gasteiger partial charge >= 0.3 is 193 Å². The Morgan fingerprint density at radius 2 is 1.27 bits per heavy atom. The Hall–Kier alpha value is -0.478. The van der Waals surface area contributed by atoms with E-state index < -0.39 is 32.0 Å². The van der Waals surface area contributed by atoms with E-state index in [0.717, 1.165) is 0 Å². The number of fused-ring (bicyclic) bond motifs is 2. The van der Waals surface area contributed by atoms with E-state index in [1.165, 1.54) is 15.6 Å². The summed E-state index contributed by atoms with van der Waals surface area (Å²) in [6.07, 6.45) is 4.94. The molecule has 0 amide bonds. The van der Waals surface area contributed by atoms with E-state index in [-0.39, 0.29) is 0 Å². The van der Waals surface area contributed by atoms with Crippen LogP contribution in [0, 0.1) is 0 Å². The SMILES string of the molecule is CC1=Cc2ccccc2C1[CH2][Sn]([CH3])([CH]1C(C)=Cc2ccccc21)[Zr]([N](C)C)[N](C)C. The molecule has 0 N–H and O–H groups in total. The summed E-state index contributed by atoms with van der Waals surface area (Å²) in [6.45, 7) is 4.79. The Balaban J connectivity index is 1.84. The van der Waals surface area contributed by atoms with Gasteiger partial charge in [-0.15, -0.1) is 0 Å². The molecule has 0 bridgehead atoms. The van der Waals surface area contributed by atoms with E-state index in [2.05, 4.69) is 113 Å². The van der Waals surface area contributed by atoms with Crippen molar-refractivity contribution in [3.05, 3.63) is 81.9 Å². The molecule has 2 nitrogen and oxygen atoms in total. The molecule has 2 aliphatic rings. The van der Waals surface area contributed by atoms with Gasteiger partial charge in [0.2, 0.25) is 0 Å². The third kappa shape index (κ3) is 3.89. The van der Waals surface area contributed by atoms with Crippen molar-refractivity contribution in [2.45, 2.75) is 33.1 Å². The normalized spacial score (nSPS) is 21.9. The standard InChI is InChI=1S/C11H11.C10H9.2C2H6N.CH3.Sn.Zr/c1-8-7-10-5-3-4-6-11(10)9(8)2;1-8-6-9-4-2-3-5-10(9)7-8;2*1-3-2;;;/h3-7,9H,2H2,1H3;2-7H,1H3;2*1-2H3;1H3;;/q;;2*-1;;;+2. The van der Waals surface area contributed by atoms with Crippen LogP contribution in [0.25, 0.3) is 12.2 Å². The molecule has 0 fully saturated rings. The predicted molar refractivity (Wildman–Crippen MR) is 129 cm³/mol. The number of allylic oxidation sites excluding steroid dienone is 2. The summed E-state index contributed by atoms with van der Waals surface area (Å²) in [6, 6.07) is 18.3. The summed E-state index contributed by atoms with van der Waals surface area (Å²) in [5, 5.41) is 0. The molecule has 2 aromatic rings. The van der Waals surface area contributed by atoms with Gasteiger partial charge in [0.15, 0.2) is 0 Å². The van der Waals surface area contributed by atoms with Crippen molar-refractivity contribution in [1.29, 1.82) is 0 Å². The Labute approximate surface area is 191 Å². The number of nitrogens with zero attached hydrogens (tertiary/aromatic N) is 2. The van der Waals surface area contributed by atoms with Crippen molar-refractivity contribution in [1.82, 2.24) is 5.69 Å². The van der Waals surface area contributed by atoms with Crippen LogP contribution >= 0.6 is 0 Å². The van der Waals surface area contributed by atoms with Crippen LogP contribution in [-0.4, -0.2) is 47.7 Å². The zero-order valence-electron chi connectivity index (χ0n) is 19.5. The number of hydrogen-bond acceptors (Lipinski definition) is 2. The van der Waals surface area contributed by atoms with Gasteiger partial charge in [0.05, 0.1) is 0 Å². The Morgan fingerprint density at radius 1 is 0.767 bits per heavy atom. The first-order chi connectivity index (χ1) is 14.2. The fourth-order valence-corrected chi connectivity index (χ4v) is 76.5. The predicted octanol–water partition coefficient (Wildman–Crippen LogP) is 6.07. The quantitative estimate of drug-likeness (QED) is 0.380. The molecule has 157 valence electrons. The Bertz CT molecular complexity index is 1000. The van der Waals surface area contributed by atoms with E-state index in [1.54, 1.807) is 22.3 Å². The summed E-state index contributed by atoms with van der Waals surface area (Å²) in [4.78, 5) is 2.82. The first-order valence-electron chi connectivity index (χ1n) is 11.0. The fraction of sp³-hybridized carbons (Fsp3) is 0.385. The summed E-state index contributed by atoms with van der Waals surface area (Å²) >= 11 is -4.71. The molecule has 2 aliphatic carbocycles. The second-order valence-corrected chi connectivity index (χ2v) is 53.0. The van der Waals surface area contributed by atoms with Crippen LogP contribution in [0.2, 0.25) is 9.38 Å². The minimum atomic E-state index is -2.72. The fourth-order valence-electron chi connectivity index (χ4n) is 6.33. The molecule has 0 radical (unpaired) electrons. The number of rotatable bonds is 6. The van der Waals surface area contributed by atoms with Crippen molar-refractivity contribution in [3.8, 4) is 0 Å². The topological polar surface area (TPSA) is 6.48 Å². The van der Waals surface area contributed by atoms with Gasteiger partial charge < -0.3 is 0 Å². The molecule has 4 rings (SSSR count). The van der Waals surface area contributed by atoms with Gasteiger partial charge in [0.1, 0.15) is 0 Å². The third-order valence-electron chi connectivity index (χ3n) is 7.07. The number of hydrogen-bond donors (Lipinski definition) is 0. The summed E-state index contributed by atoms with van der Waals surface area (Å²) in [5.41, 5.74) is 9.33. The maximum absolute atomic E-state index is 2.82. The maximum atomic E-state index is 2.82. The molecular weight excluding hydrogens is 550 g/mol. The monoisotopic (exact) mass is 585 g/mol. The zero-order chi connectivity index (χ0) is 21.6. The van der Waals surface area contributed by atoms with Gasteiger partial charge in [-0.2, -0.15) is 0 Å². The molecule has 0 saturated heterocycles. The van der Waals surface area contributed by atoms with Gasteiger partial charge in [-0.1, -0.05) is 0 Å². The molecule has 2 aromatic carbocycles. The van der Waals surface area contributed by atoms with Crippen LogP contribution in [0.4, 0.5) is 0 Å². The van der Waals surface area contributed by atoms with Gasteiger partial charge in [-0.25, -0.2) is 0 Å². The van der Waals surface area contributed by atoms with Crippen molar-refractivity contribution in [2.75, 3.05) is 28.2 Å². The molecule has 30 heavy (non-hydrogen) atoms. The van der Waals surface area contributed by atoms with Crippen LogP contribution in [0.5, 0.6) is 0 Å². The molecule has 0 saturated carbocycles.